The Bertz CT molecular complexity index is 1150. The van der Waals surface area contributed by atoms with Crippen LogP contribution in [0.15, 0.2) is 106 Å². The summed E-state index contributed by atoms with van der Waals surface area (Å²) in [6.45, 7) is 9.10. The van der Waals surface area contributed by atoms with Crippen LogP contribution in [0.4, 0.5) is 11.4 Å². The molecule has 3 aromatic carbocycles. The molecule has 0 aliphatic carbocycles. The normalized spacial score (nSPS) is 14.7. The first kappa shape index (κ1) is 21.1. The van der Waals surface area contributed by atoms with Crippen LogP contribution in [0.1, 0.15) is 19.4 Å². The molecule has 3 nitrogen and oxygen atoms in total. The molecular weight excluding hydrogens is 398 g/mol. The van der Waals surface area contributed by atoms with Crippen molar-refractivity contribution in [1.29, 1.82) is 0 Å². The Morgan fingerprint density at radius 1 is 0.968 bits per heavy atom. The minimum atomic E-state index is -0.104. The van der Waals surface area contributed by atoms with E-state index in [1.54, 1.807) is 11.8 Å². The molecule has 1 aliphatic rings. The smallest absolute Gasteiger partial charge is 0.212 e. The molecule has 1 heterocycles. The Labute approximate surface area is 189 Å². The van der Waals surface area contributed by atoms with Crippen molar-refractivity contribution in [2.75, 3.05) is 18.6 Å². The maximum atomic E-state index is 4.94. The van der Waals surface area contributed by atoms with E-state index in [1.165, 1.54) is 26.8 Å². The second-order valence-electron chi connectivity index (χ2n) is 8.08. The monoisotopic (exact) mass is 426 g/mol. The SMILES string of the molecule is C=CCN(/N=C/C1=[N+](C)c2ccccc2C1(C)C)c1ccccc1Sc1ccccc1. The molecule has 0 atom stereocenters. The average molecular weight is 427 g/mol. The van der Waals surface area contributed by atoms with Gasteiger partial charge < -0.3 is 0 Å². The highest BCUT2D eigenvalue weighted by Gasteiger charge is 2.43. The molecule has 0 radical (unpaired) electrons. The van der Waals surface area contributed by atoms with Gasteiger partial charge in [-0.25, -0.2) is 0 Å². The Morgan fingerprint density at radius 3 is 2.39 bits per heavy atom. The Morgan fingerprint density at radius 2 is 1.65 bits per heavy atom. The average Bonchev–Trinajstić information content (AvgIpc) is 2.98. The summed E-state index contributed by atoms with van der Waals surface area (Å²) in [4.78, 5) is 2.37. The summed E-state index contributed by atoms with van der Waals surface area (Å²) >= 11 is 1.75. The molecule has 0 aromatic heterocycles. The first-order chi connectivity index (χ1) is 15.0. The van der Waals surface area contributed by atoms with Gasteiger partial charge in [0.25, 0.3) is 0 Å². The number of fused-ring (bicyclic) bond motifs is 1. The van der Waals surface area contributed by atoms with Crippen LogP contribution in [0.3, 0.4) is 0 Å². The largest absolute Gasteiger partial charge is 0.260 e. The molecule has 31 heavy (non-hydrogen) atoms. The fraction of sp³-hybridized carbons (Fsp3) is 0.185. The molecule has 0 unspecified atom stereocenters. The third-order valence-corrected chi connectivity index (χ3v) is 6.75. The van der Waals surface area contributed by atoms with Gasteiger partial charge in [-0.2, -0.15) is 9.68 Å². The highest BCUT2D eigenvalue weighted by atomic mass is 32.2. The van der Waals surface area contributed by atoms with Gasteiger partial charge in [-0.3, -0.25) is 5.01 Å². The van der Waals surface area contributed by atoms with Crippen molar-refractivity contribution in [2.24, 2.45) is 5.10 Å². The van der Waals surface area contributed by atoms with Crippen LogP contribution < -0.4 is 5.01 Å². The third-order valence-electron chi connectivity index (χ3n) is 5.68. The molecular formula is C27H28N3S+. The maximum absolute atomic E-state index is 4.94. The van der Waals surface area contributed by atoms with E-state index in [2.05, 4.69) is 105 Å². The van der Waals surface area contributed by atoms with Crippen LogP contribution in [-0.4, -0.2) is 30.1 Å². The Hall–Kier alpha value is -3.11. The first-order valence-corrected chi connectivity index (χ1v) is 11.3. The lowest BCUT2D eigenvalue weighted by atomic mass is 9.82. The Kier molecular flexibility index (Phi) is 6.10. The van der Waals surface area contributed by atoms with E-state index in [-0.39, 0.29) is 5.41 Å². The zero-order valence-corrected chi connectivity index (χ0v) is 19.1. The predicted octanol–water partition coefficient (Wildman–Crippen LogP) is 6.52. The molecule has 0 amide bonds. The quantitative estimate of drug-likeness (QED) is 0.185. The van der Waals surface area contributed by atoms with E-state index < -0.39 is 0 Å². The predicted molar refractivity (Wildman–Crippen MR) is 133 cm³/mol. The number of anilines is 1. The lowest BCUT2D eigenvalue weighted by molar-refractivity contribution is -0.400. The highest BCUT2D eigenvalue weighted by Crippen LogP contribution is 2.38. The summed E-state index contributed by atoms with van der Waals surface area (Å²) in [5.41, 5.74) is 4.71. The van der Waals surface area contributed by atoms with Gasteiger partial charge in [-0.1, -0.05) is 66.4 Å². The fourth-order valence-corrected chi connectivity index (χ4v) is 5.03. The zero-order valence-electron chi connectivity index (χ0n) is 18.3. The first-order valence-electron chi connectivity index (χ1n) is 10.5. The second kappa shape index (κ2) is 8.94. The molecule has 0 N–H and O–H groups in total. The van der Waals surface area contributed by atoms with Crippen molar-refractivity contribution in [3.05, 3.63) is 97.1 Å². The number of rotatable bonds is 7. The topological polar surface area (TPSA) is 18.6 Å². The van der Waals surface area contributed by atoms with Crippen molar-refractivity contribution in [3.63, 3.8) is 0 Å². The van der Waals surface area contributed by atoms with Crippen molar-refractivity contribution < 1.29 is 4.58 Å². The molecule has 4 rings (SSSR count). The second-order valence-corrected chi connectivity index (χ2v) is 9.20. The zero-order chi connectivity index (χ0) is 21.8. The van der Waals surface area contributed by atoms with E-state index >= 15 is 0 Å². The van der Waals surface area contributed by atoms with Crippen molar-refractivity contribution >= 4 is 35.1 Å². The summed E-state index contributed by atoms with van der Waals surface area (Å²) in [6, 6.07) is 27.4. The number of benzene rings is 3. The summed E-state index contributed by atoms with van der Waals surface area (Å²) in [5.74, 6) is 0. The van der Waals surface area contributed by atoms with E-state index in [0.717, 1.165) is 5.69 Å². The van der Waals surface area contributed by atoms with Crippen molar-refractivity contribution in [3.8, 4) is 0 Å². The van der Waals surface area contributed by atoms with E-state index in [4.69, 9.17) is 5.10 Å². The van der Waals surface area contributed by atoms with E-state index in [0.29, 0.717) is 6.54 Å². The molecule has 0 spiro atoms. The number of nitrogens with zero attached hydrogens (tertiary/aromatic N) is 3. The van der Waals surface area contributed by atoms with E-state index in [9.17, 15) is 0 Å². The van der Waals surface area contributed by atoms with Crippen LogP contribution in [-0.2, 0) is 5.41 Å². The van der Waals surface area contributed by atoms with Crippen molar-refractivity contribution in [1.82, 2.24) is 0 Å². The van der Waals surface area contributed by atoms with Gasteiger partial charge in [0.15, 0.2) is 0 Å². The van der Waals surface area contributed by atoms with Gasteiger partial charge in [0, 0.05) is 21.4 Å². The van der Waals surface area contributed by atoms with Crippen LogP contribution in [0.5, 0.6) is 0 Å². The fourth-order valence-electron chi connectivity index (χ4n) is 4.06. The standard InChI is InChI=1S/C27H28N3S/c1-5-19-30(24-17-11-12-18-25(24)31-21-13-7-6-8-14-21)28-20-26-27(2,3)22-15-9-10-16-23(22)29(26)4/h5-18,20H,1,19H2,2-4H3/q+1. The van der Waals surface area contributed by atoms with Gasteiger partial charge in [0.1, 0.15) is 13.3 Å². The molecule has 0 saturated carbocycles. The van der Waals surface area contributed by atoms with Crippen molar-refractivity contribution in [2.45, 2.75) is 29.1 Å². The maximum Gasteiger partial charge on any atom is 0.212 e. The summed E-state index contributed by atoms with van der Waals surface area (Å²) in [7, 11) is 2.12. The lowest BCUT2D eigenvalue weighted by Crippen LogP contribution is -2.31. The summed E-state index contributed by atoms with van der Waals surface area (Å²) < 4.78 is 2.25. The van der Waals surface area contributed by atoms with Crippen LogP contribution in [0.25, 0.3) is 0 Å². The number of hydrogen-bond donors (Lipinski definition) is 0. The molecule has 0 fully saturated rings. The number of hydrogen-bond acceptors (Lipinski definition) is 3. The van der Waals surface area contributed by atoms with Gasteiger partial charge in [0.2, 0.25) is 11.4 Å². The lowest BCUT2D eigenvalue weighted by Gasteiger charge is -2.21. The summed E-state index contributed by atoms with van der Waals surface area (Å²) in [6.07, 6.45) is 3.90. The molecule has 3 aromatic rings. The molecule has 1 aliphatic heterocycles. The Balaban J connectivity index is 1.68. The molecule has 156 valence electrons. The number of para-hydroxylation sites is 2. The summed E-state index contributed by atoms with van der Waals surface area (Å²) in [5, 5.41) is 6.97. The van der Waals surface area contributed by atoms with Crippen LogP contribution >= 0.6 is 11.8 Å². The van der Waals surface area contributed by atoms with Crippen LogP contribution in [0, 0.1) is 0 Å². The van der Waals surface area contributed by atoms with E-state index in [1.807, 2.05) is 23.4 Å². The van der Waals surface area contributed by atoms with Crippen LogP contribution in [0.2, 0.25) is 0 Å². The minimum Gasteiger partial charge on any atom is -0.260 e. The number of hydrazone groups is 1. The van der Waals surface area contributed by atoms with Gasteiger partial charge in [-0.05, 0) is 38.1 Å². The minimum absolute atomic E-state index is 0.104. The van der Waals surface area contributed by atoms with Gasteiger partial charge in [0.05, 0.1) is 17.6 Å². The van der Waals surface area contributed by atoms with Gasteiger partial charge >= 0.3 is 0 Å². The third kappa shape index (κ3) is 4.21. The molecule has 0 saturated heterocycles. The molecule has 0 bridgehead atoms. The highest BCUT2D eigenvalue weighted by molar-refractivity contribution is 7.99. The van der Waals surface area contributed by atoms with Gasteiger partial charge in [-0.15, -0.1) is 6.58 Å². The molecule has 4 heteroatoms.